The van der Waals surface area contributed by atoms with E-state index in [1.54, 1.807) is 0 Å². The highest BCUT2D eigenvalue weighted by Crippen LogP contribution is 2.26. The first-order valence-electron chi connectivity index (χ1n) is 11.9. The Morgan fingerprint density at radius 3 is 2.44 bits per heavy atom. The highest BCUT2D eigenvalue weighted by Gasteiger charge is 2.31. The molecular weight excluding hydrogens is 471 g/mol. The maximum atomic E-state index is 12.5. The molecule has 1 N–H and O–H groups in total. The van der Waals surface area contributed by atoms with Crippen LogP contribution in [-0.2, 0) is 11.2 Å². The van der Waals surface area contributed by atoms with Gasteiger partial charge in [-0.1, -0.05) is 12.1 Å². The number of nitrogens with zero attached hydrogens (tertiary/aromatic N) is 4. The van der Waals surface area contributed by atoms with Crippen LogP contribution in [0.5, 0.6) is 5.75 Å². The van der Waals surface area contributed by atoms with Crippen LogP contribution in [0.25, 0.3) is 10.9 Å². The molecule has 1 aromatic heterocycles. The van der Waals surface area contributed by atoms with Crippen LogP contribution in [-0.4, -0.2) is 60.4 Å². The first-order chi connectivity index (χ1) is 17.1. The molecule has 1 aliphatic heterocycles. The fraction of sp³-hybridized carbons (Fsp3) is 0.423. The summed E-state index contributed by atoms with van der Waals surface area (Å²) in [5.41, 5.74) is 3.06. The third kappa shape index (κ3) is 6.63. The molecule has 36 heavy (non-hydrogen) atoms. The zero-order chi connectivity index (χ0) is 25.9. The topological polar surface area (TPSA) is 70.6 Å². The number of benzene rings is 2. The second kappa shape index (κ2) is 10.7. The van der Waals surface area contributed by atoms with Crippen molar-refractivity contribution in [3.8, 4) is 5.75 Å². The molecule has 1 amide bonds. The summed E-state index contributed by atoms with van der Waals surface area (Å²) < 4.78 is 40.7. The highest BCUT2D eigenvalue weighted by atomic mass is 19.4. The minimum absolute atomic E-state index is 0.189. The molecule has 7 nitrogen and oxygen atoms in total. The summed E-state index contributed by atoms with van der Waals surface area (Å²) in [6.45, 7) is 3.78. The van der Waals surface area contributed by atoms with Crippen LogP contribution in [0.4, 0.5) is 24.8 Å². The van der Waals surface area contributed by atoms with Crippen LogP contribution >= 0.6 is 0 Å². The maximum Gasteiger partial charge on any atom is 0.573 e. The van der Waals surface area contributed by atoms with Crippen molar-refractivity contribution in [2.75, 3.05) is 37.4 Å². The number of aryl methyl sites for hydroxylation is 2. The van der Waals surface area contributed by atoms with Gasteiger partial charge in [-0.05, 0) is 76.2 Å². The Labute approximate surface area is 208 Å². The molecule has 1 aliphatic rings. The van der Waals surface area contributed by atoms with Gasteiger partial charge in [0.05, 0.1) is 11.2 Å². The van der Waals surface area contributed by atoms with Gasteiger partial charge in [-0.3, -0.25) is 4.79 Å². The second-order valence-electron chi connectivity index (χ2n) is 9.26. The summed E-state index contributed by atoms with van der Waals surface area (Å²) in [5.74, 6) is 0.259. The number of ether oxygens (including phenoxy) is 1. The Balaban J connectivity index is 1.35. The fourth-order valence-corrected chi connectivity index (χ4v) is 4.41. The van der Waals surface area contributed by atoms with Gasteiger partial charge in [0.2, 0.25) is 11.9 Å². The van der Waals surface area contributed by atoms with Gasteiger partial charge in [0.25, 0.3) is 0 Å². The van der Waals surface area contributed by atoms with Crippen molar-refractivity contribution in [1.29, 1.82) is 0 Å². The summed E-state index contributed by atoms with van der Waals surface area (Å²) in [4.78, 5) is 26.5. The first kappa shape index (κ1) is 25.7. The molecule has 0 atom stereocenters. The SMILES string of the molecule is Cc1nc(N2CCC(N(C)C)CC2)nc2ccc(NC(=O)CCc3ccc(OC(F)(F)F)cc3)cc12. The number of hydrogen-bond donors (Lipinski definition) is 1. The van der Waals surface area contributed by atoms with E-state index in [-0.39, 0.29) is 18.1 Å². The summed E-state index contributed by atoms with van der Waals surface area (Å²) >= 11 is 0. The third-order valence-electron chi connectivity index (χ3n) is 6.43. The van der Waals surface area contributed by atoms with Crippen molar-refractivity contribution in [1.82, 2.24) is 14.9 Å². The summed E-state index contributed by atoms with van der Waals surface area (Å²) in [6.07, 6.45) is -2.00. The maximum absolute atomic E-state index is 12.5. The molecule has 10 heteroatoms. The van der Waals surface area contributed by atoms with E-state index in [9.17, 15) is 18.0 Å². The molecule has 0 unspecified atom stereocenters. The molecule has 4 rings (SSSR count). The molecule has 2 aromatic carbocycles. The lowest BCUT2D eigenvalue weighted by molar-refractivity contribution is -0.274. The fourth-order valence-electron chi connectivity index (χ4n) is 4.41. The lowest BCUT2D eigenvalue weighted by atomic mass is 10.0. The number of carbonyl (C=O) groups excluding carboxylic acids is 1. The van der Waals surface area contributed by atoms with Crippen LogP contribution in [0.2, 0.25) is 0 Å². The molecule has 3 aromatic rings. The zero-order valence-corrected chi connectivity index (χ0v) is 20.6. The smallest absolute Gasteiger partial charge is 0.406 e. The van der Waals surface area contributed by atoms with Crippen molar-refractivity contribution in [3.05, 3.63) is 53.7 Å². The van der Waals surface area contributed by atoms with E-state index < -0.39 is 6.36 Å². The number of amides is 1. The van der Waals surface area contributed by atoms with Crippen LogP contribution in [0.1, 0.15) is 30.5 Å². The van der Waals surface area contributed by atoms with E-state index in [4.69, 9.17) is 9.97 Å². The Bertz CT molecular complexity index is 1210. The molecule has 1 saturated heterocycles. The number of hydrogen-bond acceptors (Lipinski definition) is 6. The number of piperidine rings is 1. The quantitative estimate of drug-likeness (QED) is 0.495. The van der Waals surface area contributed by atoms with Crippen molar-refractivity contribution >= 4 is 28.4 Å². The van der Waals surface area contributed by atoms with E-state index in [1.807, 2.05) is 25.1 Å². The van der Waals surface area contributed by atoms with Gasteiger partial charge in [0, 0.05) is 36.6 Å². The van der Waals surface area contributed by atoms with Crippen molar-refractivity contribution in [2.45, 2.75) is 45.0 Å². The van der Waals surface area contributed by atoms with Gasteiger partial charge in [0.1, 0.15) is 5.75 Å². The minimum Gasteiger partial charge on any atom is -0.406 e. The highest BCUT2D eigenvalue weighted by molar-refractivity contribution is 5.94. The average molecular weight is 502 g/mol. The summed E-state index contributed by atoms with van der Waals surface area (Å²) in [6, 6.07) is 11.7. The number of aromatic nitrogens is 2. The largest absolute Gasteiger partial charge is 0.573 e. The number of halogens is 3. The van der Waals surface area contributed by atoms with Crippen LogP contribution in [0.3, 0.4) is 0 Å². The number of rotatable bonds is 7. The van der Waals surface area contributed by atoms with E-state index >= 15 is 0 Å². The average Bonchev–Trinajstić information content (AvgIpc) is 2.83. The van der Waals surface area contributed by atoms with E-state index in [1.165, 1.54) is 24.3 Å². The monoisotopic (exact) mass is 501 g/mol. The molecule has 0 bridgehead atoms. The summed E-state index contributed by atoms with van der Waals surface area (Å²) in [7, 11) is 4.23. The molecule has 0 spiro atoms. The van der Waals surface area contributed by atoms with E-state index in [0.29, 0.717) is 18.2 Å². The Morgan fingerprint density at radius 1 is 1.11 bits per heavy atom. The Kier molecular flexibility index (Phi) is 7.63. The van der Waals surface area contributed by atoms with Crippen molar-refractivity contribution in [3.63, 3.8) is 0 Å². The minimum atomic E-state index is -4.73. The lowest BCUT2D eigenvalue weighted by Gasteiger charge is -2.35. The Hall–Kier alpha value is -3.40. The summed E-state index contributed by atoms with van der Waals surface area (Å²) in [5, 5.41) is 3.76. The molecule has 2 heterocycles. The molecule has 192 valence electrons. The van der Waals surface area contributed by atoms with Gasteiger partial charge < -0.3 is 19.9 Å². The van der Waals surface area contributed by atoms with Crippen LogP contribution < -0.4 is 15.0 Å². The molecule has 0 aliphatic carbocycles. The zero-order valence-electron chi connectivity index (χ0n) is 20.6. The van der Waals surface area contributed by atoms with Gasteiger partial charge >= 0.3 is 6.36 Å². The van der Waals surface area contributed by atoms with Gasteiger partial charge in [0.15, 0.2) is 0 Å². The Morgan fingerprint density at radius 2 is 1.81 bits per heavy atom. The first-order valence-corrected chi connectivity index (χ1v) is 11.9. The molecule has 1 fully saturated rings. The number of alkyl halides is 3. The van der Waals surface area contributed by atoms with Crippen molar-refractivity contribution < 1.29 is 22.7 Å². The van der Waals surface area contributed by atoms with Gasteiger partial charge in [-0.25, -0.2) is 9.97 Å². The van der Waals surface area contributed by atoms with Gasteiger partial charge in [-0.15, -0.1) is 13.2 Å². The predicted molar refractivity (Wildman–Crippen MR) is 133 cm³/mol. The number of anilines is 2. The number of nitrogens with one attached hydrogen (secondary N) is 1. The number of fused-ring (bicyclic) bond motifs is 1. The standard InChI is InChI=1S/C26H30F3N5O2/c1-17-22-16-19(31-24(35)11-6-18-4-8-21(9-5-18)36-26(27,28)29)7-10-23(22)32-25(30-17)34-14-12-20(13-15-34)33(2)3/h4-5,7-10,16,20H,6,11-15H2,1-3H3,(H,31,35). The van der Waals surface area contributed by atoms with Crippen LogP contribution in [0, 0.1) is 6.92 Å². The van der Waals surface area contributed by atoms with E-state index in [2.05, 4.69) is 33.9 Å². The van der Waals surface area contributed by atoms with Crippen molar-refractivity contribution in [2.24, 2.45) is 0 Å². The normalized spacial score (nSPS) is 14.9. The molecule has 0 saturated carbocycles. The second-order valence-corrected chi connectivity index (χ2v) is 9.26. The molecule has 0 radical (unpaired) electrons. The molecular formula is C26H30F3N5O2. The lowest BCUT2D eigenvalue weighted by Crippen LogP contribution is -2.42. The predicted octanol–water partition coefficient (Wildman–Crippen LogP) is 4.94. The van der Waals surface area contributed by atoms with Gasteiger partial charge in [-0.2, -0.15) is 0 Å². The third-order valence-corrected chi connectivity index (χ3v) is 6.43. The number of carbonyl (C=O) groups is 1. The van der Waals surface area contributed by atoms with E-state index in [0.717, 1.165) is 54.0 Å². The van der Waals surface area contributed by atoms with Crippen LogP contribution in [0.15, 0.2) is 42.5 Å².